The molecular formula is C40H62N4O8. The minimum atomic E-state index is -1.05. The average Bonchev–Trinajstić information content (AvgIpc) is 3.13. The van der Waals surface area contributed by atoms with Crippen LogP contribution in [-0.4, -0.2) is 107 Å². The highest BCUT2D eigenvalue weighted by molar-refractivity contribution is 5.82. The Bertz CT molecular complexity index is 1440. The Labute approximate surface area is 310 Å². The van der Waals surface area contributed by atoms with Crippen LogP contribution in [0, 0.1) is 11.8 Å². The van der Waals surface area contributed by atoms with E-state index in [2.05, 4.69) is 23.1 Å². The summed E-state index contributed by atoms with van der Waals surface area (Å²) in [5.41, 5.74) is 14.8. The maximum Gasteiger partial charge on any atom is 0.323 e. The van der Waals surface area contributed by atoms with E-state index < -0.39 is 23.7 Å². The van der Waals surface area contributed by atoms with Crippen molar-refractivity contribution in [2.75, 3.05) is 65.7 Å². The Morgan fingerprint density at radius 3 is 2.33 bits per heavy atom. The largest absolute Gasteiger partial charge is 0.497 e. The number of nitrogens with zero attached hydrogens (tertiary/aromatic N) is 2. The Hall–Kier alpha value is -3.42. The molecule has 2 aromatic rings. The minimum absolute atomic E-state index is 0.0800. The maximum absolute atomic E-state index is 14.2. The summed E-state index contributed by atoms with van der Waals surface area (Å²) in [5, 5.41) is 0. The van der Waals surface area contributed by atoms with Crippen LogP contribution in [0.3, 0.4) is 0 Å². The highest BCUT2D eigenvalue weighted by Crippen LogP contribution is 2.40. The van der Waals surface area contributed by atoms with E-state index >= 15 is 0 Å². The van der Waals surface area contributed by atoms with Crippen LogP contribution in [0.4, 0.5) is 5.69 Å². The van der Waals surface area contributed by atoms with Gasteiger partial charge in [-0.15, -0.1) is 0 Å². The number of piperidine rings is 1. The number of anilines is 1. The number of likely N-dealkylation sites (tertiary alicyclic amines) is 1. The van der Waals surface area contributed by atoms with Crippen LogP contribution in [0.15, 0.2) is 42.5 Å². The number of rotatable bonds is 18. The monoisotopic (exact) mass is 726 g/mol. The SMILES string of the molecule is COCCCN1CCOc2ccc(CO[C@H]3CN(C(=O)[C@@H](N)C(C)C)[C@@H](CC(C)(COC)OC(=O)[C@@H](N)C(C)C)C[C@@H]3c3ccc(OC)cc3)cc21. The normalized spacial score (nSPS) is 21.3. The van der Waals surface area contributed by atoms with Crippen LogP contribution in [0.5, 0.6) is 11.5 Å². The molecule has 12 nitrogen and oxygen atoms in total. The minimum Gasteiger partial charge on any atom is -0.497 e. The van der Waals surface area contributed by atoms with Crippen LogP contribution in [0.2, 0.25) is 0 Å². The second-order valence-corrected chi connectivity index (χ2v) is 15.1. The molecule has 0 radical (unpaired) electrons. The van der Waals surface area contributed by atoms with Crippen LogP contribution < -0.4 is 25.8 Å². The molecule has 12 heteroatoms. The van der Waals surface area contributed by atoms with Crippen molar-refractivity contribution < 1.29 is 38.0 Å². The van der Waals surface area contributed by atoms with Crippen molar-refractivity contribution in [3.05, 3.63) is 53.6 Å². The third-order valence-corrected chi connectivity index (χ3v) is 10.3. The van der Waals surface area contributed by atoms with E-state index in [1.807, 2.05) is 63.8 Å². The summed E-state index contributed by atoms with van der Waals surface area (Å²) in [6, 6.07) is 12.3. The fourth-order valence-corrected chi connectivity index (χ4v) is 7.11. The Morgan fingerprint density at radius 1 is 0.981 bits per heavy atom. The fraction of sp³-hybridized carbons (Fsp3) is 0.650. The lowest BCUT2D eigenvalue weighted by molar-refractivity contribution is -0.171. The molecule has 0 saturated carbocycles. The molecule has 4 rings (SSSR count). The van der Waals surface area contributed by atoms with E-state index in [-0.39, 0.29) is 42.4 Å². The molecule has 1 saturated heterocycles. The quantitative estimate of drug-likeness (QED) is 0.165. The molecule has 2 aromatic carbocycles. The smallest absolute Gasteiger partial charge is 0.323 e. The molecule has 4 N–H and O–H groups in total. The van der Waals surface area contributed by atoms with Gasteiger partial charge in [-0.25, -0.2) is 0 Å². The lowest BCUT2D eigenvalue weighted by atomic mass is 9.79. The van der Waals surface area contributed by atoms with E-state index in [0.717, 1.165) is 47.8 Å². The zero-order valence-corrected chi connectivity index (χ0v) is 32.5. The summed E-state index contributed by atoms with van der Waals surface area (Å²) in [4.78, 5) is 31.6. The zero-order chi connectivity index (χ0) is 38.0. The van der Waals surface area contributed by atoms with E-state index in [4.69, 9.17) is 39.9 Å². The van der Waals surface area contributed by atoms with Crippen LogP contribution in [-0.2, 0) is 35.1 Å². The van der Waals surface area contributed by atoms with E-state index in [1.165, 1.54) is 0 Å². The molecule has 0 spiro atoms. The number of hydrogen-bond acceptors (Lipinski definition) is 11. The van der Waals surface area contributed by atoms with Gasteiger partial charge in [0.2, 0.25) is 5.91 Å². The molecule has 290 valence electrons. The van der Waals surface area contributed by atoms with Crippen LogP contribution in [0.1, 0.15) is 70.9 Å². The molecule has 0 aliphatic carbocycles. The number of carbonyl (C=O) groups excluding carboxylic acids is 2. The molecule has 2 aliphatic rings. The second kappa shape index (κ2) is 19.1. The molecule has 2 heterocycles. The fourth-order valence-electron chi connectivity index (χ4n) is 7.11. The average molecular weight is 727 g/mol. The van der Waals surface area contributed by atoms with Crippen LogP contribution in [0.25, 0.3) is 0 Å². The van der Waals surface area contributed by atoms with Gasteiger partial charge >= 0.3 is 5.97 Å². The zero-order valence-electron chi connectivity index (χ0n) is 32.5. The first-order valence-corrected chi connectivity index (χ1v) is 18.6. The number of ether oxygens (including phenoxy) is 6. The van der Waals surface area contributed by atoms with Crippen molar-refractivity contribution >= 4 is 17.6 Å². The Balaban J connectivity index is 1.67. The first-order valence-electron chi connectivity index (χ1n) is 18.6. The van der Waals surface area contributed by atoms with Gasteiger partial charge in [-0.3, -0.25) is 9.59 Å². The van der Waals surface area contributed by atoms with E-state index in [9.17, 15) is 9.59 Å². The van der Waals surface area contributed by atoms with Gasteiger partial charge in [0.1, 0.15) is 29.7 Å². The molecule has 0 bridgehead atoms. The molecule has 1 fully saturated rings. The summed E-state index contributed by atoms with van der Waals surface area (Å²) in [6.45, 7) is 13.3. The van der Waals surface area contributed by atoms with Gasteiger partial charge in [0, 0.05) is 52.3 Å². The van der Waals surface area contributed by atoms with Crippen molar-refractivity contribution in [2.45, 2.75) is 96.2 Å². The first kappa shape index (κ1) is 41.3. The Kier molecular flexibility index (Phi) is 15.2. The number of methoxy groups -OCH3 is 3. The molecule has 0 aromatic heterocycles. The number of fused-ring (bicyclic) bond motifs is 1. The van der Waals surface area contributed by atoms with Crippen molar-refractivity contribution in [1.29, 1.82) is 0 Å². The number of carbonyl (C=O) groups is 2. The molecule has 2 aliphatic heterocycles. The van der Waals surface area contributed by atoms with Gasteiger partial charge in [-0.2, -0.15) is 0 Å². The van der Waals surface area contributed by atoms with Gasteiger partial charge < -0.3 is 49.7 Å². The molecular weight excluding hydrogens is 664 g/mol. The second-order valence-electron chi connectivity index (χ2n) is 15.1. The summed E-state index contributed by atoms with van der Waals surface area (Å²) >= 11 is 0. The van der Waals surface area contributed by atoms with Gasteiger partial charge in [-0.1, -0.05) is 45.9 Å². The first-order chi connectivity index (χ1) is 24.8. The number of esters is 1. The van der Waals surface area contributed by atoms with Crippen molar-refractivity contribution in [3.8, 4) is 11.5 Å². The highest BCUT2D eigenvalue weighted by Gasteiger charge is 2.45. The predicted molar refractivity (Wildman–Crippen MR) is 202 cm³/mol. The van der Waals surface area contributed by atoms with Gasteiger partial charge in [-0.05, 0) is 67.0 Å². The van der Waals surface area contributed by atoms with Gasteiger partial charge in [0.25, 0.3) is 0 Å². The summed E-state index contributed by atoms with van der Waals surface area (Å²) < 4.78 is 35.2. The third-order valence-electron chi connectivity index (χ3n) is 10.3. The van der Waals surface area contributed by atoms with E-state index in [0.29, 0.717) is 39.2 Å². The predicted octanol–water partition coefficient (Wildman–Crippen LogP) is 4.51. The molecule has 1 unspecified atom stereocenters. The third kappa shape index (κ3) is 10.6. The maximum atomic E-state index is 14.2. The van der Waals surface area contributed by atoms with Gasteiger partial charge in [0.15, 0.2) is 0 Å². The van der Waals surface area contributed by atoms with Crippen molar-refractivity contribution in [1.82, 2.24) is 4.90 Å². The molecule has 1 amide bonds. The lowest BCUT2D eigenvalue weighted by Crippen LogP contribution is -2.59. The van der Waals surface area contributed by atoms with Crippen molar-refractivity contribution in [3.63, 3.8) is 0 Å². The van der Waals surface area contributed by atoms with E-state index in [1.54, 1.807) is 21.3 Å². The summed E-state index contributed by atoms with van der Waals surface area (Å²) in [6.07, 6.45) is 1.44. The van der Waals surface area contributed by atoms with Crippen molar-refractivity contribution in [2.24, 2.45) is 23.3 Å². The molecule has 52 heavy (non-hydrogen) atoms. The number of hydrogen-bond donors (Lipinski definition) is 2. The van der Waals surface area contributed by atoms with Crippen LogP contribution >= 0.6 is 0 Å². The summed E-state index contributed by atoms with van der Waals surface area (Å²) in [5.74, 6) is 0.672. The lowest BCUT2D eigenvalue weighted by Gasteiger charge is -2.47. The number of benzene rings is 2. The van der Waals surface area contributed by atoms with Gasteiger partial charge in [0.05, 0.1) is 44.7 Å². The highest BCUT2D eigenvalue weighted by atomic mass is 16.6. The topological polar surface area (TPSA) is 148 Å². The standard InChI is InChI=1S/C40H62N4O8/c1-26(2)36(41)38(45)44-23-35(51-24-28-10-15-34-33(20-28)43(17-19-50-34)16-9-18-47-6)32(29-11-13-31(49-8)14-12-29)21-30(44)22-40(5,25-48-7)52-39(46)37(42)27(3)4/h10-15,20,26-27,30,32,35-37H,9,16-19,21-25,41-42H2,1-8H3/t30-,32-,35+,36+,37+,40?/m1/s1. The molecule has 6 atom stereocenters. The number of nitrogens with two attached hydrogens (primary N) is 2. The Morgan fingerprint density at radius 2 is 1.69 bits per heavy atom. The number of amides is 1. The summed E-state index contributed by atoms with van der Waals surface area (Å²) in [7, 11) is 4.93.